The van der Waals surface area contributed by atoms with Gasteiger partial charge < -0.3 is 4.90 Å². The van der Waals surface area contributed by atoms with Gasteiger partial charge in [0.25, 0.3) is 5.91 Å². The van der Waals surface area contributed by atoms with E-state index in [1.165, 1.54) is 5.01 Å². The van der Waals surface area contributed by atoms with Crippen LogP contribution in [0.15, 0.2) is 52.6 Å². The number of amides is 1. The molecule has 0 spiro atoms. The third kappa shape index (κ3) is 3.88. The molecule has 3 rings (SSSR count). The minimum absolute atomic E-state index is 0.234. The first-order chi connectivity index (χ1) is 12.9. The number of hydrogen-bond donors (Lipinski definition) is 0. The number of carbonyl (C=O) groups is 1. The average Bonchev–Trinajstić information content (AvgIpc) is 2.93. The molecule has 6 heteroatoms. The molecule has 5 nitrogen and oxygen atoms in total. The lowest BCUT2D eigenvalue weighted by Gasteiger charge is -2.21. The summed E-state index contributed by atoms with van der Waals surface area (Å²) in [4.78, 5) is 19.7. The van der Waals surface area contributed by atoms with Crippen LogP contribution >= 0.6 is 11.6 Å². The highest BCUT2D eigenvalue weighted by molar-refractivity contribution is 6.71. The second-order valence-corrected chi connectivity index (χ2v) is 6.82. The molecule has 0 aliphatic carbocycles. The largest absolute Gasteiger partial charge is 0.372 e. The van der Waals surface area contributed by atoms with Gasteiger partial charge in [-0.25, -0.2) is 4.99 Å². The maximum atomic E-state index is 12.8. The van der Waals surface area contributed by atoms with Crippen molar-refractivity contribution < 1.29 is 4.79 Å². The number of hydrogen-bond acceptors (Lipinski definition) is 4. The highest BCUT2D eigenvalue weighted by atomic mass is 35.5. The molecule has 1 heterocycles. The van der Waals surface area contributed by atoms with Crippen LogP contribution in [0.25, 0.3) is 0 Å². The van der Waals surface area contributed by atoms with Crippen molar-refractivity contribution in [1.82, 2.24) is 0 Å². The Kier molecular flexibility index (Phi) is 5.61. The van der Waals surface area contributed by atoms with Crippen LogP contribution in [-0.2, 0) is 4.79 Å². The van der Waals surface area contributed by atoms with Gasteiger partial charge in [-0.15, -0.1) is 0 Å². The molecule has 0 atom stereocenters. The van der Waals surface area contributed by atoms with E-state index >= 15 is 0 Å². The van der Waals surface area contributed by atoms with E-state index < -0.39 is 0 Å². The summed E-state index contributed by atoms with van der Waals surface area (Å²) in [6.45, 7) is 9.97. The molecule has 0 N–H and O–H groups in total. The van der Waals surface area contributed by atoms with Crippen LogP contribution in [0.4, 0.5) is 17.1 Å². The van der Waals surface area contributed by atoms with Crippen molar-refractivity contribution >= 4 is 46.0 Å². The zero-order valence-corrected chi connectivity index (χ0v) is 16.8. The smallest absolute Gasteiger partial charge is 0.299 e. The summed E-state index contributed by atoms with van der Waals surface area (Å²) < 4.78 is 0. The van der Waals surface area contributed by atoms with Crippen molar-refractivity contribution in [1.29, 1.82) is 0 Å². The summed E-state index contributed by atoms with van der Waals surface area (Å²) >= 11 is 5.93. The van der Waals surface area contributed by atoms with Crippen molar-refractivity contribution in [2.45, 2.75) is 27.7 Å². The molecule has 27 heavy (non-hydrogen) atoms. The molecule has 0 saturated heterocycles. The number of nitrogens with zero attached hydrogens (tertiary/aromatic N) is 4. The Labute approximate surface area is 165 Å². The van der Waals surface area contributed by atoms with E-state index in [1.807, 2.05) is 19.1 Å². The fraction of sp³-hybridized carbons (Fsp3) is 0.286. The maximum Gasteiger partial charge on any atom is 0.299 e. The van der Waals surface area contributed by atoms with Gasteiger partial charge in [-0.2, -0.15) is 10.1 Å². The van der Waals surface area contributed by atoms with Gasteiger partial charge in [-0.1, -0.05) is 11.6 Å². The summed E-state index contributed by atoms with van der Waals surface area (Å²) in [5, 5.41) is 6.35. The predicted molar refractivity (Wildman–Crippen MR) is 114 cm³/mol. The summed E-state index contributed by atoms with van der Waals surface area (Å²) in [7, 11) is 0. The van der Waals surface area contributed by atoms with Crippen molar-refractivity contribution in [3.05, 3.63) is 53.1 Å². The van der Waals surface area contributed by atoms with E-state index in [4.69, 9.17) is 11.6 Å². The second kappa shape index (κ2) is 7.92. The molecule has 2 aromatic carbocycles. The van der Waals surface area contributed by atoms with Crippen LogP contribution < -0.4 is 9.91 Å². The van der Waals surface area contributed by atoms with Crippen LogP contribution in [0.3, 0.4) is 0 Å². The molecular weight excluding hydrogens is 360 g/mol. The van der Waals surface area contributed by atoms with Gasteiger partial charge in [0, 0.05) is 23.8 Å². The normalized spacial score (nSPS) is 15.4. The van der Waals surface area contributed by atoms with Gasteiger partial charge in [0.2, 0.25) is 0 Å². The first kappa shape index (κ1) is 19.1. The molecule has 1 amide bonds. The number of hydrazone groups is 1. The van der Waals surface area contributed by atoms with Crippen LogP contribution in [0, 0.1) is 6.92 Å². The molecule has 0 radical (unpaired) electrons. The molecule has 1 aliphatic rings. The van der Waals surface area contributed by atoms with E-state index in [1.54, 1.807) is 31.2 Å². The Balaban J connectivity index is 1.90. The van der Waals surface area contributed by atoms with Crippen molar-refractivity contribution in [2.75, 3.05) is 23.0 Å². The minimum Gasteiger partial charge on any atom is -0.372 e. The van der Waals surface area contributed by atoms with Gasteiger partial charge in [0.05, 0.1) is 17.1 Å². The standard InChI is InChI=1S/C21H23ClN4O/c1-5-25(6-2)18-11-12-19(14(3)13-18)23-20-15(4)24-26(21(20)27)17-9-7-16(22)8-10-17/h7-13H,5-6H2,1-4H3. The fourth-order valence-electron chi connectivity index (χ4n) is 3.05. The molecule has 0 aromatic heterocycles. The Bertz CT molecular complexity index is 914. The maximum absolute atomic E-state index is 12.8. The topological polar surface area (TPSA) is 48.3 Å². The summed E-state index contributed by atoms with van der Waals surface area (Å²) in [5.41, 5.74) is 4.60. The van der Waals surface area contributed by atoms with E-state index in [-0.39, 0.29) is 5.91 Å². The highest BCUT2D eigenvalue weighted by Gasteiger charge is 2.30. The number of aryl methyl sites for hydroxylation is 1. The lowest BCUT2D eigenvalue weighted by atomic mass is 10.1. The molecule has 0 unspecified atom stereocenters. The predicted octanol–water partition coefficient (Wildman–Crippen LogP) is 4.99. The first-order valence-corrected chi connectivity index (χ1v) is 9.42. The number of benzene rings is 2. The Hall–Kier alpha value is -2.66. The van der Waals surface area contributed by atoms with Crippen LogP contribution in [0.5, 0.6) is 0 Å². The summed E-state index contributed by atoms with van der Waals surface area (Å²) in [6, 6.07) is 13.1. The quantitative estimate of drug-likeness (QED) is 0.731. The van der Waals surface area contributed by atoms with Gasteiger partial charge in [0.15, 0.2) is 5.71 Å². The van der Waals surface area contributed by atoms with E-state index in [0.717, 1.165) is 30.0 Å². The minimum atomic E-state index is -0.234. The summed E-state index contributed by atoms with van der Waals surface area (Å²) in [5.74, 6) is -0.234. The van der Waals surface area contributed by atoms with E-state index in [9.17, 15) is 4.79 Å². The van der Waals surface area contributed by atoms with Crippen molar-refractivity contribution in [3.63, 3.8) is 0 Å². The third-order valence-corrected chi connectivity index (χ3v) is 4.85. The van der Waals surface area contributed by atoms with Crippen LogP contribution in [-0.4, -0.2) is 30.4 Å². The molecule has 0 saturated carbocycles. The van der Waals surface area contributed by atoms with Crippen molar-refractivity contribution in [3.8, 4) is 0 Å². The first-order valence-electron chi connectivity index (χ1n) is 9.04. The van der Waals surface area contributed by atoms with Crippen LogP contribution in [0.2, 0.25) is 5.02 Å². The molecular formula is C21H23ClN4O. The molecule has 1 aliphatic heterocycles. The van der Waals surface area contributed by atoms with E-state index in [2.05, 4.69) is 34.9 Å². The molecule has 0 fully saturated rings. The summed E-state index contributed by atoms with van der Waals surface area (Å²) in [6.07, 6.45) is 0. The third-order valence-electron chi connectivity index (χ3n) is 4.60. The highest BCUT2D eigenvalue weighted by Crippen LogP contribution is 2.27. The zero-order chi connectivity index (χ0) is 19.6. The lowest BCUT2D eigenvalue weighted by molar-refractivity contribution is -0.112. The van der Waals surface area contributed by atoms with Gasteiger partial charge >= 0.3 is 0 Å². The van der Waals surface area contributed by atoms with Crippen LogP contribution in [0.1, 0.15) is 26.3 Å². The molecule has 0 bridgehead atoms. The Morgan fingerprint density at radius 1 is 1.07 bits per heavy atom. The number of aliphatic imine (C=N–C) groups is 1. The van der Waals surface area contributed by atoms with E-state index in [0.29, 0.717) is 22.1 Å². The van der Waals surface area contributed by atoms with Crippen molar-refractivity contribution in [2.24, 2.45) is 10.1 Å². The number of rotatable bonds is 5. The lowest BCUT2D eigenvalue weighted by Crippen LogP contribution is -2.27. The Morgan fingerprint density at radius 3 is 2.33 bits per heavy atom. The fourth-order valence-corrected chi connectivity index (χ4v) is 3.18. The monoisotopic (exact) mass is 382 g/mol. The Morgan fingerprint density at radius 2 is 1.74 bits per heavy atom. The molecule has 2 aromatic rings. The van der Waals surface area contributed by atoms with Gasteiger partial charge in [-0.3, -0.25) is 4.79 Å². The number of halogens is 1. The van der Waals surface area contributed by atoms with Gasteiger partial charge in [0.1, 0.15) is 0 Å². The zero-order valence-electron chi connectivity index (χ0n) is 16.0. The average molecular weight is 383 g/mol. The number of carbonyl (C=O) groups excluding carboxylic acids is 1. The molecule has 140 valence electrons. The van der Waals surface area contributed by atoms with Gasteiger partial charge in [-0.05, 0) is 75.7 Å². The SMILES string of the molecule is CCN(CC)c1ccc(N=C2C(=O)N(c3ccc(Cl)cc3)N=C2C)c(C)c1. The second-order valence-electron chi connectivity index (χ2n) is 6.38. The number of anilines is 2.